The number of carbonyl (C=O) groups is 2. The predicted octanol–water partition coefficient (Wildman–Crippen LogP) is 2.36. The average molecular weight is 346 g/mol. The number of anilines is 1. The minimum atomic E-state index is -0.472. The van der Waals surface area contributed by atoms with Gasteiger partial charge in [-0.3, -0.25) is 9.59 Å². The molecule has 0 aliphatic carbocycles. The number of hydrogen-bond donors (Lipinski definition) is 2. The number of carbonyl (C=O) groups excluding carboxylic acids is 2. The molecule has 0 saturated carbocycles. The van der Waals surface area contributed by atoms with Crippen molar-refractivity contribution < 1.29 is 23.5 Å². The van der Waals surface area contributed by atoms with E-state index in [1.54, 1.807) is 31.4 Å². The Morgan fingerprint density at radius 3 is 2.24 bits per heavy atom. The number of methoxy groups -OCH3 is 1. The Kier molecular flexibility index (Phi) is 6.76. The van der Waals surface area contributed by atoms with Crippen LogP contribution in [0.25, 0.3) is 0 Å². The zero-order valence-electron chi connectivity index (χ0n) is 13.8. The highest BCUT2D eigenvalue weighted by atomic mass is 19.1. The van der Waals surface area contributed by atoms with E-state index in [1.807, 2.05) is 0 Å². The maximum atomic E-state index is 12.8. The molecule has 2 rings (SSSR count). The maximum absolute atomic E-state index is 12.8. The van der Waals surface area contributed by atoms with Crippen molar-refractivity contribution in [3.8, 4) is 11.5 Å². The standard InChI is InChI=1S/C18H19FN2O4/c1-24-15-6-8-16(9-7-15)25-11-10-20-17(22)12-18(23)21-14-4-2-13(19)3-5-14/h2-9H,10-12H2,1H3,(H,20,22)(H,21,23). The van der Waals surface area contributed by atoms with Gasteiger partial charge in [0, 0.05) is 5.69 Å². The molecule has 0 spiro atoms. The van der Waals surface area contributed by atoms with Gasteiger partial charge in [-0.2, -0.15) is 0 Å². The molecule has 132 valence electrons. The van der Waals surface area contributed by atoms with Gasteiger partial charge in [-0.25, -0.2) is 4.39 Å². The van der Waals surface area contributed by atoms with Crippen LogP contribution in [-0.2, 0) is 9.59 Å². The lowest BCUT2D eigenvalue weighted by atomic mass is 10.3. The summed E-state index contributed by atoms with van der Waals surface area (Å²) in [6, 6.07) is 12.4. The maximum Gasteiger partial charge on any atom is 0.233 e. The van der Waals surface area contributed by atoms with Crippen LogP contribution in [0.1, 0.15) is 6.42 Å². The van der Waals surface area contributed by atoms with E-state index in [9.17, 15) is 14.0 Å². The third-order valence-corrected chi connectivity index (χ3v) is 3.20. The summed E-state index contributed by atoms with van der Waals surface area (Å²) in [6.45, 7) is 0.548. The molecule has 6 nitrogen and oxygen atoms in total. The van der Waals surface area contributed by atoms with Crippen molar-refractivity contribution in [1.29, 1.82) is 0 Å². The summed E-state index contributed by atoms with van der Waals surface area (Å²) >= 11 is 0. The molecule has 0 unspecified atom stereocenters. The van der Waals surface area contributed by atoms with Crippen LogP contribution in [-0.4, -0.2) is 32.1 Å². The van der Waals surface area contributed by atoms with E-state index in [4.69, 9.17) is 9.47 Å². The van der Waals surface area contributed by atoms with E-state index in [-0.39, 0.29) is 19.6 Å². The fraction of sp³-hybridized carbons (Fsp3) is 0.222. The second kappa shape index (κ2) is 9.27. The molecule has 0 aromatic heterocycles. The molecule has 0 bridgehead atoms. The number of amides is 2. The van der Waals surface area contributed by atoms with E-state index in [2.05, 4.69) is 10.6 Å². The van der Waals surface area contributed by atoms with Crippen LogP contribution in [0.4, 0.5) is 10.1 Å². The minimum absolute atomic E-state index is 0.273. The first-order valence-corrected chi connectivity index (χ1v) is 7.66. The second-order valence-electron chi connectivity index (χ2n) is 5.11. The van der Waals surface area contributed by atoms with Gasteiger partial charge in [0.15, 0.2) is 0 Å². The molecule has 0 aliphatic rings. The quantitative estimate of drug-likeness (QED) is 0.568. The number of halogens is 1. The Hall–Kier alpha value is -3.09. The van der Waals surface area contributed by atoms with Crippen molar-refractivity contribution in [2.75, 3.05) is 25.6 Å². The zero-order chi connectivity index (χ0) is 18.1. The third-order valence-electron chi connectivity index (χ3n) is 3.20. The highest BCUT2D eigenvalue weighted by molar-refractivity contribution is 6.03. The van der Waals surface area contributed by atoms with Gasteiger partial charge in [0.2, 0.25) is 11.8 Å². The molecule has 0 fully saturated rings. The van der Waals surface area contributed by atoms with Crippen LogP contribution in [0.3, 0.4) is 0 Å². The van der Waals surface area contributed by atoms with E-state index in [1.165, 1.54) is 24.3 Å². The first kappa shape index (κ1) is 18.3. The molecule has 0 saturated heterocycles. The Morgan fingerprint density at radius 2 is 1.60 bits per heavy atom. The monoisotopic (exact) mass is 346 g/mol. The number of nitrogens with one attached hydrogen (secondary N) is 2. The van der Waals surface area contributed by atoms with Crippen molar-refractivity contribution in [2.24, 2.45) is 0 Å². The predicted molar refractivity (Wildman–Crippen MR) is 91.1 cm³/mol. The smallest absolute Gasteiger partial charge is 0.233 e. The SMILES string of the molecule is COc1ccc(OCCNC(=O)CC(=O)Nc2ccc(F)cc2)cc1. The van der Waals surface area contributed by atoms with Crippen molar-refractivity contribution >= 4 is 17.5 Å². The Bertz CT molecular complexity index is 702. The van der Waals surface area contributed by atoms with Crippen LogP contribution < -0.4 is 20.1 Å². The molecule has 0 aliphatic heterocycles. The first-order chi connectivity index (χ1) is 12.1. The summed E-state index contributed by atoms with van der Waals surface area (Å²) < 4.78 is 23.3. The lowest BCUT2D eigenvalue weighted by Gasteiger charge is -2.09. The van der Waals surface area contributed by atoms with E-state index < -0.39 is 17.6 Å². The summed E-state index contributed by atoms with van der Waals surface area (Å²) in [5, 5.41) is 5.11. The lowest BCUT2D eigenvalue weighted by Crippen LogP contribution is -2.31. The third kappa shape index (κ3) is 6.50. The fourth-order valence-corrected chi connectivity index (χ4v) is 1.98. The topological polar surface area (TPSA) is 76.7 Å². The minimum Gasteiger partial charge on any atom is -0.497 e. The number of benzene rings is 2. The van der Waals surface area contributed by atoms with E-state index >= 15 is 0 Å². The largest absolute Gasteiger partial charge is 0.497 e. The highest BCUT2D eigenvalue weighted by Crippen LogP contribution is 2.16. The number of ether oxygens (including phenoxy) is 2. The van der Waals surface area contributed by atoms with Crippen molar-refractivity contribution in [2.45, 2.75) is 6.42 Å². The molecule has 2 aromatic rings. The molecular formula is C18H19FN2O4. The van der Waals surface area contributed by atoms with Gasteiger partial charge in [-0.15, -0.1) is 0 Å². The molecule has 2 N–H and O–H groups in total. The van der Waals surface area contributed by atoms with Gasteiger partial charge < -0.3 is 20.1 Å². The average Bonchev–Trinajstić information content (AvgIpc) is 2.61. The number of hydrogen-bond acceptors (Lipinski definition) is 4. The molecule has 2 aromatic carbocycles. The lowest BCUT2D eigenvalue weighted by molar-refractivity contribution is -0.126. The molecule has 7 heteroatoms. The molecular weight excluding hydrogens is 327 g/mol. The van der Waals surface area contributed by atoms with Crippen molar-refractivity contribution in [3.05, 3.63) is 54.3 Å². The van der Waals surface area contributed by atoms with Crippen molar-refractivity contribution in [1.82, 2.24) is 5.32 Å². The Balaban J connectivity index is 1.64. The summed E-state index contributed by atoms with van der Waals surface area (Å²) in [7, 11) is 1.58. The van der Waals surface area contributed by atoms with Crippen molar-refractivity contribution in [3.63, 3.8) is 0 Å². The van der Waals surface area contributed by atoms with Crippen LogP contribution in [0.5, 0.6) is 11.5 Å². The summed E-state index contributed by atoms with van der Waals surface area (Å²) in [6.07, 6.45) is -0.320. The van der Waals surface area contributed by atoms with Gasteiger partial charge in [-0.1, -0.05) is 0 Å². The molecule has 2 amide bonds. The van der Waals surface area contributed by atoms with Gasteiger partial charge in [-0.05, 0) is 48.5 Å². The number of rotatable bonds is 8. The molecule has 25 heavy (non-hydrogen) atoms. The van der Waals surface area contributed by atoms with Crippen LogP contribution in [0, 0.1) is 5.82 Å². The molecule has 0 radical (unpaired) electrons. The van der Waals surface area contributed by atoms with Gasteiger partial charge in [0.1, 0.15) is 30.3 Å². The molecule has 0 atom stereocenters. The Morgan fingerprint density at radius 1 is 0.960 bits per heavy atom. The normalized spacial score (nSPS) is 10.0. The van der Waals surface area contributed by atoms with Gasteiger partial charge in [0.05, 0.1) is 13.7 Å². The van der Waals surface area contributed by atoms with Crippen LogP contribution in [0.15, 0.2) is 48.5 Å². The molecule has 0 heterocycles. The zero-order valence-corrected chi connectivity index (χ0v) is 13.8. The highest BCUT2D eigenvalue weighted by Gasteiger charge is 2.09. The summed E-state index contributed by atoms with van der Waals surface area (Å²) in [5.41, 5.74) is 0.432. The Labute approximate surface area is 144 Å². The van der Waals surface area contributed by atoms with E-state index in [0.717, 1.165) is 5.75 Å². The second-order valence-corrected chi connectivity index (χ2v) is 5.11. The summed E-state index contributed by atoms with van der Waals surface area (Å²) in [4.78, 5) is 23.4. The van der Waals surface area contributed by atoms with Crippen LogP contribution in [0.2, 0.25) is 0 Å². The van der Waals surface area contributed by atoms with Crippen LogP contribution >= 0.6 is 0 Å². The van der Waals surface area contributed by atoms with Gasteiger partial charge in [0.25, 0.3) is 0 Å². The van der Waals surface area contributed by atoms with Gasteiger partial charge >= 0.3 is 0 Å². The fourth-order valence-electron chi connectivity index (χ4n) is 1.98. The first-order valence-electron chi connectivity index (χ1n) is 7.66. The summed E-state index contributed by atoms with van der Waals surface area (Å²) in [5.74, 6) is 0.0997. The van der Waals surface area contributed by atoms with E-state index in [0.29, 0.717) is 11.4 Å².